The number of hydrogen-bond acceptors (Lipinski definition) is 8. The number of allylic oxidation sites excluding steroid dienone is 2. The number of aromatic nitrogens is 1. The van der Waals surface area contributed by atoms with Crippen LogP contribution in [0.1, 0.15) is 512 Å². The van der Waals surface area contributed by atoms with Crippen molar-refractivity contribution in [2.24, 2.45) is 146 Å². The minimum absolute atomic E-state index is 0. The topological polar surface area (TPSA) is 181 Å². The summed E-state index contributed by atoms with van der Waals surface area (Å²) in [6.45, 7) is 113. The Hall–Kier alpha value is -5.13. The highest BCUT2D eigenvalue weighted by Gasteiger charge is 2.08. The van der Waals surface area contributed by atoms with E-state index in [0.717, 1.165) is 159 Å². The highest BCUT2D eigenvalue weighted by molar-refractivity contribution is 7.98. The number of nitrogens with one attached hydrogen (secondary N) is 1. The van der Waals surface area contributed by atoms with Crippen molar-refractivity contribution < 1.29 is 24.3 Å². The number of H-pyrrole nitrogens is 1. The molecule has 2 atom stereocenters. The second-order valence-corrected chi connectivity index (χ2v) is 47.7. The van der Waals surface area contributed by atoms with Gasteiger partial charge < -0.3 is 35.9 Å². The van der Waals surface area contributed by atoms with Crippen LogP contribution in [-0.2, 0) is 38.4 Å². The number of hydrogen-bond donors (Lipinski definition) is 4. The summed E-state index contributed by atoms with van der Waals surface area (Å²) in [5.74, 6) is 18.8. The van der Waals surface area contributed by atoms with Gasteiger partial charge in [0, 0.05) is 67.7 Å². The molecule has 0 radical (unpaired) electrons. The van der Waals surface area contributed by atoms with Crippen LogP contribution in [0, 0.1) is 131 Å². The van der Waals surface area contributed by atoms with Crippen LogP contribution in [0.3, 0.4) is 0 Å². The zero-order valence-corrected chi connectivity index (χ0v) is 104. The molecule has 0 saturated carbocycles. The number of Topliss-reactive ketones (excluding diaryl/α,β-unsaturated/α-hetero) is 3. The van der Waals surface area contributed by atoms with Crippen molar-refractivity contribution in [3.8, 4) is 0 Å². The highest BCUT2D eigenvalue weighted by atomic mass is 32.2. The Kier molecular flexibility index (Phi) is 143. The van der Waals surface area contributed by atoms with Gasteiger partial charge in [-0.1, -0.05) is 463 Å². The third-order valence-electron chi connectivity index (χ3n) is 20.6. The van der Waals surface area contributed by atoms with Crippen LogP contribution in [0.15, 0.2) is 107 Å². The molecule has 836 valence electrons. The lowest BCUT2D eigenvalue weighted by atomic mass is 9.96. The summed E-state index contributed by atoms with van der Waals surface area (Å²) in [5, 5.41) is 10.0. The van der Waals surface area contributed by atoms with E-state index in [1.54, 1.807) is 27.7 Å². The largest absolute Gasteiger partial charge is 0.393 e. The van der Waals surface area contributed by atoms with Gasteiger partial charge in [-0.25, -0.2) is 0 Å². The van der Waals surface area contributed by atoms with Crippen LogP contribution in [0.2, 0.25) is 0 Å². The second kappa shape index (κ2) is 119. The van der Waals surface area contributed by atoms with Crippen LogP contribution in [0.5, 0.6) is 0 Å². The number of aromatic amines is 1. The monoisotopic (exact) mass is 1990 g/mol. The van der Waals surface area contributed by atoms with Gasteiger partial charge in [-0.3, -0.25) is 14.8 Å². The number of nitrogens with zero attached hydrogens (tertiary/aromatic N) is 2. The number of fused-ring (bicyclic) bond motifs is 1. The van der Waals surface area contributed by atoms with Crippen molar-refractivity contribution in [2.75, 3.05) is 18.6 Å². The predicted octanol–water partition coefficient (Wildman–Crippen LogP) is 41.2. The van der Waals surface area contributed by atoms with Crippen molar-refractivity contribution in [3.05, 3.63) is 119 Å². The molecule has 5 rings (SSSR count). The average molecular weight is 1990 g/mol. The standard InChI is InChI=1S/C12H15N.C11H16.C10H14.C8H18N2.C8H13N.C8H18.C7H14O.2C7H16.C6H13NO.2C6H12O.C6H14S.C6H14.C5H12O.2C5H12.C4H10.2CH4/c1-9(2)7-10-8-13-12-6-4-3-5-11(10)12;1-9(2)8-11-6-4-10(3)5-7-11;1-9(2)8-10-6-4-3-5-7-10;1-7(2)5-4-6-10-8(3)9;1-7(2)6-8-4-3-5-9-8;1-4-5-6-7-8(2)3;1-6(2)4-5-7(3)8;1-6(2)5-7(3)4;1-5-7(4)6(2)3;1-5(2)3-4-6(7)8;2*1-5(2)4-6(3)7;1-6(2)4-5-7-3;1-5(2)6(3)4;1-4(2)5(3)6;2*1-4-5(2)3;1-4(2)3;;/h3-6,8-9,13H,7H2,1-2H3;4-7,9H,8H2,1-3H3;3-7,9H,8H2,1-2H3;7H,4-6H2,1-3H3,(H2,9,10);4-5,7H,3,6H2,1-2H3;8H,4-7H2,1-3H3;6H,4-5H2,1-3H3;2*6-7H,5H2,1-4H3;5H,3-4H2,1-2H3,(H2,7,8);2*5H,4H2,1-3H3;6H,4-5H2,1-3H3;5-6H,1-4H3;4-6H,1-3H3;2*5H,4H2,1-3H3;4H,1-3H3;2*1H4. The summed E-state index contributed by atoms with van der Waals surface area (Å²) in [4.78, 5) is 52.6. The number of amides is 1. The Balaban J connectivity index is -0.0000000914. The molecular weight excluding hydrogens is 1730 g/mol. The molecule has 2 unspecified atom stereocenters. The van der Waals surface area contributed by atoms with Gasteiger partial charge in [-0.15, -0.1) is 0 Å². The van der Waals surface area contributed by atoms with E-state index in [2.05, 4.69) is 396 Å². The van der Waals surface area contributed by atoms with E-state index >= 15 is 0 Å². The van der Waals surface area contributed by atoms with Gasteiger partial charge in [0.2, 0.25) is 5.91 Å². The number of nitrogens with two attached hydrogens (primary N) is 2. The maximum atomic E-state index is 10.3. The number of thioether (sulfide) groups is 1. The summed E-state index contributed by atoms with van der Waals surface area (Å²) in [6, 6.07) is 27.9. The van der Waals surface area contributed by atoms with E-state index in [1.807, 2.05) is 66.4 Å². The third-order valence-corrected chi connectivity index (χ3v) is 21.2. The lowest BCUT2D eigenvalue weighted by molar-refractivity contribution is -0.118. The number of primary amides is 1. The quantitative estimate of drug-likeness (QED) is 0.0197. The summed E-state index contributed by atoms with van der Waals surface area (Å²) in [7, 11) is 0. The zero-order valence-electron chi connectivity index (χ0n) is 103. The van der Waals surface area contributed by atoms with Crippen molar-refractivity contribution in [3.63, 3.8) is 0 Å². The predicted molar refractivity (Wildman–Crippen MR) is 653 cm³/mol. The van der Waals surface area contributed by atoms with Crippen LogP contribution >= 0.6 is 11.8 Å². The van der Waals surface area contributed by atoms with Gasteiger partial charge in [0.1, 0.15) is 17.3 Å². The lowest BCUT2D eigenvalue weighted by Crippen LogP contribution is -2.10. The molecule has 1 aromatic heterocycles. The molecule has 140 heavy (non-hydrogen) atoms. The molecule has 0 fully saturated rings. The summed E-state index contributed by atoms with van der Waals surface area (Å²) < 4.78 is 0. The molecule has 4 aromatic rings. The number of carbonyl (C=O) groups excluding carboxylic acids is 4. The smallest absolute Gasteiger partial charge is 0.217 e. The first-order valence-corrected chi connectivity index (χ1v) is 57.0. The van der Waals surface area contributed by atoms with E-state index < -0.39 is 0 Å². The number of ketones is 3. The van der Waals surface area contributed by atoms with Crippen molar-refractivity contribution >= 4 is 58.0 Å². The molecule has 2 heterocycles. The Morgan fingerprint density at radius 2 is 0.771 bits per heavy atom. The molecular formula is C129H259N5O5S. The van der Waals surface area contributed by atoms with Gasteiger partial charge in [0.25, 0.3) is 0 Å². The van der Waals surface area contributed by atoms with Gasteiger partial charge in [0.05, 0.1) is 11.9 Å². The first-order chi connectivity index (χ1) is 63.6. The minimum Gasteiger partial charge on any atom is -0.393 e. The van der Waals surface area contributed by atoms with E-state index in [9.17, 15) is 19.2 Å². The summed E-state index contributed by atoms with van der Waals surface area (Å²) in [5.41, 5.74) is 18.5. The molecule has 3 aromatic carbocycles. The first-order valence-electron chi connectivity index (χ1n) is 55.6. The van der Waals surface area contributed by atoms with E-state index in [1.165, 1.54) is 122 Å². The normalized spacial score (nSPS) is 11.2. The van der Waals surface area contributed by atoms with Gasteiger partial charge >= 0.3 is 0 Å². The molecule has 1 aliphatic heterocycles. The SMILES string of the molecule is C.C.CC(=O)CC(C)C.CC(=O)CC(C)C.CC(=O)CCC(C)C.CC(C)C.CC(C)C(C)C.CC(C)C(C)O.CC(C)CC(C)C.CC(C)CC1=CCC=N1.CC(C)CCC(N)=O.CC(C)Cc1c[nH]c2ccccc12.CC(C)Cc1ccccc1.CC(N)=NCCCC(C)C.CCC(C)C.CCC(C)C.CCC(C)C(C)C.CCCCCC(C)C.CSCCC(C)C.Cc1ccc(CC(C)C)cc1. The van der Waals surface area contributed by atoms with E-state index in [0.29, 0.717) is 47.6 Å². The number of benzene rings is 3. The summed E-state index contributed by atoms with van der Waals surface area (Å²) in [6.07, 6.45) is 33.4. The average Bonchev–Trinajstić information content (AvgIpc) is 1.69. The Bertz CT molecular complexity index is 3100. The third kappa shape index (κ3) is 185. The number of aliphatic hydroxyl groups is 1. The van der Waals surface area contributed by atoms with Crippen molar-refractivity contribution in [1.29, 1.82) is 0 Å². The van der Waals surface area contributed by atoms with Gasteiger partial charge in [0.15, 0.2) is 0 Å². The molecule has 1 aliphatic rings. The molecule has 11 heteroatoms. The fraction of sp³-hybridized carbons (Fsp3) is 0.783. The maximum absolute atomic E-state index is 10.3. The Morgan fingerprint density at radius 3 is 1.01 bits per heavy atom. The first kappa shape index (κ1) is 168. The molecule has 0 saturated heterocycles. The number of aliphatic hydroxyl groups excluding tert-OH is 1. The van der Waals surface area contributed by atoms with E-state index in [4.69, 9.17) is 16.6 Å². The van der Waals surface area contributed by atoms with Crippen molar-refractivity contribution in [1.82, 2.24) is 4.98 Å². The van der Waals surface area contributed by atoms with Crippen LogP contribution < -0.4 is 11.5 Å². The molecule has 0 aliphatic carbocycles. The number of amidine groups is 1. The van der Waals surface area contributed by atoms with E-state index in [-0.39, 0.29) is 38.4 Å². The fourth-order valence-corrected chi connectivity index (χ4v) is 11.1. The highest BCUT2D eigenvalue weighted by Crippen LogP contribution is 2.22. The Morgan fingerprint density at radius 1 is 0.407 bits per heavy atom. The van der Waals surface area contributed by atoms with Gasteiger partial charge in [-0.05, 0) is 265 Å². The minimum atomic E-state index is -0.196. The second-order valence-electron chi connectivity index (χ2n) is 46.7. The molecule has 0 bridgehead atoms. The fourth-order valence-electron chi connectivity index (χ4n) is 10.4. The lowest BCUT2D eigenvalue weighted by Gasteiger charge is -2.10. The number of aliphatic imine (C=N–C) groups is 2. The Labute approximate surface area is 887 Å². The number of unbranched alkanes of at least 4 members (excludes halogenated alkanes) is 2. The molecule has 1 amide bonds. The number of carbonyl (C=O) groups is 4. The molecule has 0 spiro atoms. The van der Waals surface area contributed by atoms with Gasteiger partial charge in [-0.2, -0.15) is 11.8 Å². The number of aryl methyl sites for hydroxylation is 1. The van der Waals surface area contributed by atoms with Crippen LogP contribution in [-0.4, -0.2) is 70.1 Å². The zero-order chi connectivity index (χ0) is 111. The van der Waals surface area contributed by atoms with Crippen LogP contribution in [0.4, 0.5) is 0 Å². The molecule has 6 N–H and O–H groups in total. The molecule has 10 nitrogen and oxygen atoms in total. The summed E-state index contributed by atoms with van der Waals surface area (Å²) >= 11 is 1.93. The number of rotatable bonds is 37. The van der Waals surface area contributed by atoms with Crippen LogP contribution in [0.25, 0.3) is 10.9 Å². The number of para-hydroxylation sites is 1. The van der Waals surface area contributed by atoms with Crippen molar-refractivity contribution in [2.45, 2.75) is 522 Å². The maximum Gasteiger partial charge on any atom is 0.217 e.